The van der Waals surface area contributed by atoms with Crippen LogP contribution in [0.4, 0.5) is 0 Å². The number of nitrogens with zero attached hydrogens (tertiary/aromatic N) is 1. The van der Waals surface area contributed by atoms with E-state index >= 15 is 0 Å². The van der Waals surface area contributed by atoms with Gasteiger partial charge in [0.25, 0.3) is 0 Å². The number of hydrogen-bond acceptors (Lipinski definition) is 0. The van der Waals surface area contributed by atoms with E-state index in [4.69, 9.17) is 0 Å². The maximum Gasteiger partial charge on any atom is 0.0856 e. The van der Waals surface area contributed by atoms with E-state index in [1.165, 1.54) is 62.6 Å². The van der Waals surface area contributed by atoms with Crippen LogP contribution in [0.15, 0.2) is 30.3 Å². The van der Waals surface area contributed by atoms with Crippen LogP contribution in [0.1, 0.15) is 44.1 Å². The third-order valence-electron chi connectivity index (χ3n) is 5.33. The fourth-order valence-electron chi connectivity index (χ4n) is 4.31. The summed E-state index contributed by atoms with van der Waals surface area (Å²) in [5, 5.41) is 0. The van der Waals surface area contributed by atoms with Gasteiger partial charge in [0.1, 0.15) is 0 Å². The molecule has 2 aliphatic rings. The van der Waals surface area contributed by atoms with Gasteiger partial charge in [-0.1, -0.05) is 36.8 Å². The SMILES string of the molecule is C[N+]1(CC2(c3ccccc3)C[CH-]CC2)CCCCC1. The minimum absolute atomic E-state index is 0.424. The average Bonchev–Trinajstić information content (AvgIpc) is 2.90. The molecule has 0 bridgehead atoms. The van der Waals surface area contributed by atoms with E-state index in [9.17, 15) is 0 Å². The van der Waals surface area contributed by atoms with Crippen molar-refractivity contribution in [3.63, 3.8) is 0 Å². The largest absolute Gasteiger partial charge is 0.327 e. The molecule has 1 saturated carbocycles. The molecule has 1 saturated heterocycles. The molecule has 3 rings (SSSR count). The van der Waals surface area contributed by atoms with Crippen molar-refractivity contribution >= 4 is 0 Å². The zero-order valence-corrected chi connectivity index (χ0v) is 12.3. The van der Waals surface area contributed by atoms with Crippen LogP contribution >= 0.6 is 0 Å². The Kier molecular flexibility index (Phi) is 3.66. The number of likely N-dealkylation sites (N-methyl/N-ethyl adjacent to an activating group) is 1. The second kappa shape index (κ2) is 5.28. The van der Waals surface area contributed by atoms with Gasteiger partial charge in [-0.2, -0.15) is 12.8 Å². The first-order valence-corrected chi connectivity index (χ1v) is 7.93. The molecule has 1 heteroatoms. The van der Waals surface area contributed by atoms with Gasteiger partial charge < -0.3 is 10.9 Å². The average molecular weight is 257 g/mol. The summed E-state index contributed by atoms with van der Waals surface area (Å²) in [7, 11) is 2.49. The summed E-state index contributed by atoms with van der Waals surface area (Å²) >= 11 is 0. The van der Waals surface area contributed by atoms with Gasteiger partial charge in [-0.3, -0.25) is 0 Å². The first-order valence-electron chi connectivity index (χ1n) is 7.93. The summed E-state index contributed by atoms with van der Waals surface area (Å²) in [6.45, 7) is 4.11. The smallest absolute Gasteiger partial charge is 0.0856 e. The number of hydrogen-bond donors (Lipinski definition) is 0. The Bertz CT molecular complexity index is 397. The molecule has 1 aromatic carbocycles. The Morgan fingerprint density at radius 1 is 1.11 bits per heavy atom. The van der Waals surface area contributed by atoms with Gasteiger partial charge in [0.2, 0.25) is 0 Å². The molecule has 0 amide bonds. The number of rotatable bonds is 3. The van der Waals surface area contributed by atoms with E-state index in [-0.39, 0.29) is 0 Å². The summed E-state index contributed by atoms with van der Waals surface area (Å²) in [4.78, 5) is 0. The van der Waals surface area contributed by atoms with Crippen molar-refractivity contribution in [2.75, 3.05) is 26.7 Å². The van der Waals surface area contributed by atoms with Crippen LogP contribution in [-0.2, 0) is 5.41 Å². The number of quaternary nitrogens is 1. The summed E-state index contributed by atoms with van der Waals surface area (Å²) in [6, 6.07) is 11.3. The fraction of sp³-hybridized carbons (Fsp3) is 0.611. The second-order valence-corrected chi connectivity index (χ2v) is 6.96. The molecule has 2 fully saturated rings. The Morgan fingerprint density at radius 2 is 1.84 bits per heavy atom. The van der Waals surface area contributed by atoms with Crippen LogP contribution < -0.4 is 0 Å². The molecular weight excluding hydrogens is 230 g/mol. The van der Waals surface area contributed by atoms with Crippen molar-refractivity contribution in [1.29, 1.82) is 0 Å². The van der Waals surface area contributed by atoms with Gasteiger partial charge in [-0.15, -0.1) is 0 Å². The van der Waals surface area contributed by atoms with Crippen molar-refractivity contribution < 1.29 is 4.48 Å². The van der Waals surface area contributed by atoms with Crippen molar-refractivity contribution in [3.05, 3.63) is 42.3 Å². The third kappa shape index (κ3) is 2.72. The van der Waals surface area contributed by atoms with Crippen molar-refractivity contribution in [1.82, 2.24) is 0 Å². The predicted octanol–water partition coefficient (Wildman–Crippen LogP) is 3.94. The summed E-state index contributed by atoms with van der Waals surface area (Å²) in [6.07, 6.45) is 10.7. The molecule has 0 aromatic heterocycles. The number of piperidine rings is 1. The van der Waals surface area contributed by atoms with Crippen LogP contribution in [-0.4, -0.2) is 31.2 Å². The van der Waals surface area contributed by atoms with E-state index in [0.29, 0.717) is 5.41 Å². The van der Waals surface area contributed by atoms with Crippen LogP contribution in [0.2, 0.25) is 0 Å². The van der Waals surface area contributed by atoms with Gasteiger partial charge in [-0.05, 0) is 24.8 Å². The summed E-state index contributed by atoms with van der Waals surface area (Å²) in [5.41, 5.74) is 2.00. The highest BCUT2D eigenvalue weighted by Crippen LogP contribution is 2.42. The highest BCUT2D eigenvalue weighted by Gasteiger charge is 2.39. The quantitative estimate of drug-likeness (QED) is 0.568. The number of likely N-dealkylation sites (tertiary alicyclic amines) is 1. The summed E-state index contributed by atoms with van der Waals surface area (Å²) < 4.78 is 1.29. The second-order valence-electron chi connectivity index (χ2n) is 6.96. The van der Waals surface area contributed by atoms with Crippen molar-refractivity contribution in [3.8, 4) is 0 Å². The van der Waals surface area contributed by atoms with E-state index in [0.717, 1.165) is 0 Å². The molecular formula is C18H27N. The van der Waals surface area contributed by atoms with Gasteiger partial charge in [-0.25, -0.2) is 0 Å². The lowest BCUT2D eigenvalue weighted by atomic mass is 9.77. The highest BCUT2D eigenvalue weighted by atomic mass is 15.3. The summed E-state index contributed by atoms with van der Waals surface area (Å²) in [5.74, 6) is 0. The number of benzene rings is 1. The topological polar surface area (TPSA) is 0 Å². The molecule has 0 N–H and O–H groups in total. The lowest BCUT2D eigenvalue weighted by molar-refractivity contribution is -0.918. The zero-order valence-electron chi connectivity index (χ0n) is 12.3. The maximum absolute atomic E-state index is 2.52. The Labute approximate surface area is 118 Å². The normalized spacial score (nSPS) is 30.4. The van der Waals surface area contributed by atoms with Crippen LogP contribution in [0.25, 0.3) is 0 Å². The third-order valence-corrected chi connectivity index (χ3v) is 5.33. The van der Waals surface area contributed by atoms with Gasteiger partial charge in [0.15, 0.2) is 0 Å². The highest BCUT2D eigenvalue weighted by molar-refractivity contribution is 5.28. The van der Waals surface area contributed by atoms with Gasteiger partial charge >= 0.3 is 0 Å². The Morgan fingerprint density at radius 3 is 2.47 bits per heavy atom. The molecule has 1 aromatic rings. The first kappa shape index (κ1) is 13.2. The predicted molar refractivity (Wildman–Crippen MR) is 80.9 cm³/mol. The molecule has 1 heterocycles. The lowest BCUT2D eigenvalue weighted by Gasteiger charge is -2.45. The van der Waals surface area contributed by atoms with E-state index in [2.05, 4.69) is 43.8 Å². The Balaban J connectivity index is 1.85. The lowest BCUT2D eigenvalue weighted by Crippen LogP contribution is -2.54. The van der Waals surface area contributed by atoms with Crippen molar-refractivity contribution in [2.45, 2.75) is 43.9 Å². The minimum atomic E-state index is 0.424. The maximum atomic E-state index is 2.52. The Hall–Kier alpha value is -0.820. The molecule has 1 unspecified atom stereocenters. The molecule has 19 heavy (non-hydrogen) atoms. The van der Waals surface area contributed by atoms with E-state index in [1.807, 2.05) is 0 Å². The molecule has 1 aliphatic heterocycles. The standard InChI is InChI=1S/C18H27N/c1-19(14-8-3-9-15-19)16-18(12-6-7-13-18)17-10-4-2-5-11-17/h2,4-6,10-11H,3,7-9,12-16H2,1H3. The molecule has 0 spiro atoms. The zero-order chi connectivity index (χ0) is 13.2. The van der Waals surface area contributed by atoms with Gasteiger partial charge in [0.05, 0.1) is 26.7 Å². The van der Waals surface area contributed by atoms with E-state index < -0.39 is 0 Å². The first-order chi connectivity index (χ1) is 9.23. The van der Waals surface area contributed by atoms with Crippen LogP contribution in [0.3, 0.4) is 0 Å². The van der Waals surface area contributed by atoms with Crippen LogP contribution in [0.5, 0.6) is 0 Å². The minimum Gasteiger partial charge on any atom is -0.327 e. The van der Waals surface area contributed by atoms with Crippen LogP contribution in [0, 0.1) is 6.42 Å². The molecule has 1 aliphatic carbocycles. The van der Waals surface area contributed by atoms with E-state index in [1.54, 1.807) is 5.56 Å². The molecule has 1 nitrogen and oxygen atoms in total. The molecule has 1 atom stereocenters. The molecule has 104 valence electrons. The van der Waals surface area contributed by atoms with Crippen molar-refractivity contribution in [2.24, 2.45) is 0 Å². The monoisotopic (exact) mass is 257 g/mol. The fourth-order valence-corrected chi connectivity index (χ4v) is 4.31. The molecule has 0 radical (unpaired) electrons. The van der Waals surface area contributed by atoms with Gasteiger partial charge in [0, 0.05) is 5.41 Å².